The van der Waals surface area contributed by atoms with Crippen molar-refractivity contribution in [3.05, 3.63) is 32.9 Å². The number of nitrogens with two attached hydrogens (primary N) is 1. The van der Waals surface area contributed by atoms with Crippen molar-refractivity contribution in [2.45, 2.75) is 6.54 Å². The molecule has 0 bridgehead atoms. The molecule has 0 saturated heterocycles. The van der Waals surface area contributed by atoms with Crippen LogP contribution in [0.15, 0.2) is 17.8 Å². The van der Waals surface area contributed by atoms with Gasteiger partial charge in [0.1, 0.15) is 11.2 Å². The minimum atomic E-state index is -0.566. The Hall–Kier alpha value is -2.29. The van der Waals surface area contributed by atoms with Gasteiger partial charge < -0.3 is 11.1 Å². The van der Waals surface area contributed by atoms with Crippen molar-refractivity contribution in [1.29, 1.82) is 0 Å². The van der Waals surface area contributed by atoms with Gasteiger partial charge in [-0.1, -0.05) is 0 Å². The first-order valence-electron chi connectivity index (χ1n) is 4.56. The third-order valence-electron chi connectivity index (χ3n) is 1.88. The second-order valence-electron chi connectivity index (χ2n) is 3.00. The number of anilines is 2. The molecule has 0 spiro atoms. The summed E-state index contributed by atoms with van der Waals surface area (Å²) in [4.78, 5) is 21.6. The second kappa shape index (κ2) is 4.70. The lowest BCUT2D eigenvalue weighted by atomic mass is 10.4. The molecule has 0 amide bonds. The minimum Gasteiger partial charge on any atom is -0.368 e. The Labute approximate surface area is 99.7 Å². The molecular weight excluding hydrogens is 244 g/mol. The highest BCUT2D eigenvalue weighted by atomic mass is 32.1. The number of nitro groups is 1. The summed E-state index contributed by atoms with van der Waals surface area (Å²) in [7, 11) is 0. The SMILES string of the molecule is Nc1ncc([N+](=O)[O-])c(NCc2nccs2)n1. The van der Waals surface area contributed by atoms with Crippen LogP contribution in [0.5, 0.6) is 0 Å². The number of nitrogens with zero attached hydrogens (tertiary/aromatic N) is 4. The molecule has 2 aromatic rings. The van der Waals surface area contributed by atoms with Gasteiger partial charge in [0.15, 0.2) is 0 Å². The van der Waals surface area contributed by atoms with Crippen molar-refractivity contribution in [1.82, 2.24) is 15.0 Å². The number of nitrogens with one attached hydrogen (secondary N) is 1. The van der Waals surface area contributed by atoms with Gasteiger partial charge in [0, 0.05) is 11.6 Å². The molecule has 0 aliphatic rings. The number of thiazole rings is 1. The molecule has 0 fully saturated rings. The maximum atomic E-state index is 10.7. The lowest BCUT2D eigenvalue weighted by molar-refractivity contribution is -0.384. The van der Waals surface area contributed by atoms with Crippen molar-refractivity contribution in [3.63, 3.8) is 0 Å². The molecule has 2 aromatic heterocycles. The van der Waals surface area contributed by atoms with Crippen molar-refractivity contribution in [2.75, 3.05) is 11.1 Å². The van der Waals surface area contributed by atoms with Gasteiger partial charge >= 0.3 is 5.69 Å². The Morgan fingerprint density at radius 1 is 1.53 bits per heavy atom. The molecule has 0 saturated carbocycles. The van der Waals surface area contributed by atoms with E-state index < -0.39 is 4.92 Å². The molecular formula is C8H8N6O2S. The van der Waals surface area contributed by atoms with Crippen LogP contribution in [0, 0.1) is 10.1 Å². The highest BCUT2D eigenvalue weighted by molar-refractivity contribution is 7.09. The van der Waals surface area contributed by atoms with Gasteiger partial charge in [0.05, 0.1) is 11.5 Å². The minimum absolute atomic E-state index is 0.0164. The molecule has 0 aromatic carbocycles. The first kappa shape index (κ1) is 11.2. The maximum absolute atomic E-state index is 10.7. The molecule has 0 atom stereocenters. The zero-order valence-corrected chi connectivity index (χ0v) is 9.35. The molecule has 8 nitrogen and oxygen atoms in total. The standard InChI is InChI=1S/C8H8N6O2S/c9-8-12-3-5(14(15)16)7(13-8)11-4-6-10-1-2-17-6/h1-3H,4H2,(H3,9,11,12,13). The molecule has 9 heteroatoms. The number of hydrogen-bond acceptors (Lipinski definition) is 8. The first-order valence-corrected chi connectivity index (χ1v) is 5.44. The van der Waals surface area contributed by atoms with E-state index in [-0.39, 0.29) is 17.5 Å². The number of aromatic nitrogens is 3. The molecule has 0 aliphatic carbocycles. The Morgan fingerprint density at radius 3 is 3.00 bits per heavy atom. The molecule has 2 rings (SSSR count). The van der Waals surface area contributed by atoms with Crippen LogP contribution in [0.25, 0.3) is 0 Å². The van der Waals surface area contributed by atoms with E-state index in [1.54, 1.807) is 6.20 Å². The van der Waals surface area contributed by atoms with Crippen LogP contribution in [0.4, 0.5) is 17.5 Å². The average molecular weight is 252 g/mol. The van der Waals surface area contributed by atoms with E-state index in [2.05, 4.69) is 20.3 Å². The topological polar surface area (TPSA) is 120 Å². The Bertz CT molecular complexity index is 529. The third kappa shape index (κ3) is 2.64. The molecule has 17 heavy (non-hydrogen) atoms. The Balaban J connectivity index is 2.19. The molecule has 0 unspecified atom stereocenters. The summed E-state index contributed by atoms with van der Waals surface area (Å²) in [5.74, 6) is 0.0786. The van der Waals surface area contributed by atoms with Gasteiger partial charge in [-0.3, -0.25) is 10.1 Å². The van der Waals surface area contributed by atoms with E-state index >= 15 is 0 Å². The van der Waals surface area contributed by atoms with Crippen molar-refractivity contribution < 1.29 is 4.92 Å². The van der Waals surface area contributed by atoms with Crippen LogP contribution in [0.3, 0.4) is 0 Å². The van der Waals surface area contributed by atoms with Crippen LogP contribution in [0.2, 0.25) is 0 Å². The monoisotopic (exact) mass is 252 g/mol. The molecule has 2 heterocycles. The largest absolute Gasteiger partial charge is 0.368 e. The van der Waals surface area contributed by atoms with E-state index in [9.17, 15) is 10.1 Å². The summed E-state index contributed by atoms with van der Waals surface area (Å²) < 4.78 is 0. The molecule has 3 N–H and O–H groups in total. The predicted molar refractivity (Wildman–Crippen MR) is 62.5 cm³/mol. The third-order valence-corrected chi connectivity index (χ3v) is 2.65. The van der Waals surface area contributed by atoms with Crippen LogP contribution >= 0.6 is 11.3 Å². The molecule has 0 aliphatic heterocycles. The normalized spacial score (nSPS) is 10.1. The van der Waals surface area contributed by atoms with Gasteiger partial charge in [0.2, 0.25) is 11.8 Å². The zero-order valence-electron chi connectivity index (χ0n) is 8.53. The quantitative estimate of drug-likeness (QED) is 0.616. The van der Waals surface area contributed by atoms with Crippen molar-refractivity contribution in [2.24, 2.45) is 0 Å². The summed E-state index contributed by atoms with van der Waals surface area (Å²) in [6.45, 7) is 0.356. The summed E-state index contributed by atoms with van der Waals surface area (Å²) >= 11 is 1.44. The molecule has 88 valence electrons. The van der Waals surface area contributed by atoms with Gasteiger partial charge in [-0.15, -0.1) is 11.3 Å². The summed E-state index contributed by atoms with van der Waals surface area (Å²) in [6.07, 6.45) is 2.73. The lowest BCUT2D eigenvalue weighted by Gasteiger charge is -2.04. The van der Waals surface area contributed by atoms with E-state index in [1.165, 1.54) is 11.3 Å². The second-order valence-corrected chi connectivity index (χ2v) is 3.98. The first-order chi connectivity index (χ1) is 8.16. The summed E-state index contributed by atoms with van der Waals surface area (Å²) in [5.41, 5.74) is 5.17. The number of rotatable bonds is 4. The van der Waals surface area contributed by atoms with E-state index in [4.69, 9.17) is 5.73 Å². The highest BCUT2D eigenvalue weighted by Crippen LogP contribution is 2.21. The van der Waals surface area contributed by atoms with E-state index in [0.717, 1.165) is 11.2 Å². The highest BCUT2D eigenvalue weighted by Gasteiger charge is 2.16. The van der Waals surface area contributed by atoms with Crippen molar-refractivity contribution in [3.8, 4) is 0 Å². The van der Waals surface area contributed by atoms with Gasteiger partial charge in [-0.25, -0.2) is 9.97 Å². The van der Waals surface area contributed by atoms with Gasteiger partial charge in [-0.2, -0.15) is 4.98 Å². The maximum Gasteiger partial charge on any atom is 0.329 e. The number of nitrogen functional groups attached to an aromatic ring is 1. The van der Waals surface area contributed by atoms with Crippen LogP contribution in [-0.4, -0.2) is 19.9 Å². The zero-order chi connectivity index (χ0) is 12.3. The lowest BCUT2D eigenvalue weighted by Crippen LogP contribution is -2.07. The van der Waals surface area contributed by atoms with Crippen LogP contribution in [0.1, 0.15) is 5.01 Å². The fourth-order valence-corrected chi connectivity index (χ4v) is 1.71. The average Bonchev–Trinajstić information content (AvgIpc) is 2.78. The van der Waals surface area contributed by atoms with Crippen LogP contribution < -0.4 is 11.1 Å². The predicted octanol–water partition coefficient (Wildman–Crippen LogP) is 1.04. The fraction of sp³-hybridized carbons (Fsp3) is 0.125. The van der Waals surface area contributed by atoms with Crippen LogP contribution in [-0.2, 0) is 6.54 Å². The van der Waals surface area contributed by atoms with E-state index in [0.29, 0.717) is 6.54 Å². The summed E-state index contributed by atoms with van der Waals surface area (Å²) in [6, 6.07) is 0. The Morgan fingerprint density at radius 2 is 2.35 bits per heavy atom. The molecule has 0 radical (unpaired) electrons. The van der Waals surface area contributed by atoms with Gasteiger partial charge in [-0.05, 0) is 0 Å². The van der Waals surface area contributed by atoms with Gasteiger partial charge in [0.25, 0.3) is 0 Å². The smallest absolute Gasteiger partial charge is 0.329 e. The van der Waals surface area contributed by atoms with Crippen molar-refractivity contribution >= 4 is 28.8 Å². The Kier molecular flexibility index (Phi) is 3.10. The number of hydrogen-bond donors (Lipinski definition) is 2. The summed E-state index contributed by atoms with van der Waals surface area (Å²) in [5, 5.41) is 16.2. The van der Waals surface area contributed by atoms with E-state index in [1.807, 2.05) is 5.38 Å². The fourth-order valence-electron chi connectivity index (χ4n) is 1.15.